The van der Waals surface area contributed by atoms with Gasteiger partial charge in [0.25, 0.3) is 0 Å². The summed E-state index contributed by atoms with van der Waals surface area (Å²) in [6.45, 7) is 4.33. The summed E-state index contributed by atoms with van der Waals surface area (Å²) in [5, 5.41) is 11.8. The monoisotopic (exact) mass is 197 g/mol. The van der Waals surface area contributed by atoms with Crippen LogP contribution in [0.3, 0.4) is 0 Å². The zero-order valence-electron chi connectivity index (χ0n) is 8.74. The minimum absolute atomic E-state index is 0.139. The van der Waals surface area contributed by atoms with Crippen LogP contribution in [0.1, 0.15) is 32.6 Å². The molecule has 2 fully saturated rings. The Morgan fingerprint density at radius 2 is 2.29 bits per heavy atom. The molecule has 1 atom stereocenters. The Hall–Kier alpha value is -0.770. The van der Waals surface area contributed by atoms with Crippen molar-refractivity contribution in [1.82, 2.24) is 4.90 Å². The molecule has 1 aliphatic carbocycles. The highest BCUT2D eigenvalue weighted by Gasteiger charge is 2.49. The molecule has 0 aromatic carbocycles. The number of likely N-dealkylation sites (tertiary alicyclic amines) is 1. The van der Waals surface area contributed by atoms with Gasteiger partial charge in [-0.05, 0) is 37.6 Å². The van der Waals surface area contributed by atoms with Crippen LogP contribution >= 0.6 is 0 Å². The highest BCUT2D eigenvalue weighted by Crippen LogP contribution is 2.53. The number of rotatable bonds is 3. The molecule has 14 heavy (non-hydrogen) atoms. The molecular formula is C10H19N3O. The van der Waals surface area contributed by atoms with Gasteiger partial charge >= 0.3 is 0 Å². The number of hydrogen-bond donors (Lipinski definition) is 2. The molecular weight excluding hydrogens is 178 g/mol. The number of hydrogen-bond acceptors (Lipinski definition) is 3. The van der Waals surface area contributed by atoms with Crippen LogP contribution in [0, 0.1) is 5.41 Å². The van der Waals surface area contributed by atoms with E-state index in [0.29, 0.717) is 11.3 Å². The van der Waals surface area contributed by atoms with Gasteiger partial charge in [0.1, 0.15) is 0 Å². The highest BCUT2D eigenvalue weighted by molar-refractivity contribution is 5.85. The lowest BCUT2D eigenvalue weighted by atomic mass is 10.1. The minimum Gasteiger partial charge on any atom is -0.409 e. The predicted molar refractivity (Wildman–Crippen MR) is 55.3 cm³/mol. The van der Waals surface area contributed by atoms with Crippen molar-refractivity contribution in [1.29, 1.82) is 0 Å². The van der Waals surface area contributed by atoms with Crippen molar-refractivity contribution >= 4 is 5.84 Å². The van der Waals surface area contributed by atoms with Crippen LogP contribution in [0.5, 0.6) is 0 Å². The van der Waals surface area contributed by atoms with Gasteiger partial charge in [-0.25, -0.2) is 0 Å². The second kappa shape index (κ2) is 3.42. The SMILES string of the molecule is CCC(/C(N)=N/O)N1CCC2(CC2)C1. The van der Waals surface area contributed by atoms with Crippen molar-refractivity contribution in [3.63, 3.8) is 0 Å². The van der Waals surface area contributed by atoms with E-state index in [0.717, 1.165) is 19.5 Å². The summed E-state index contributed by atoms with van der Waals surface area (Å²) in [5.74, 6) is 0.366. The van der Waals surface area contributed by atoms with E-state index in [4.69, 9.17) is 10.9 Å². The van der Waals surface area contributed by atoms with Crippen LogP contribution in [0.2, 0.25) is 0 Å². The third kappa shape index (κ3) is 1.59. The molecule has 0 aromatic rings. The minimum atomic E-state index is 0.139. The molecule has 0 radical (unpaired) electrons. The van der Waals surface area contributed by atoms with Crippen molar-refractivity contribution in [3.05, 3.63) is 0 Å². The van der Waals surface area contributed by atoms with Gasteiger partial charge in [0.2, 0.25) is 0 Å². The molecule has 2 rings (SSSR count). The molecule has 1 unspecified atom stereocenters. The van der Waals surface area contributed by atoms with Gasteiger partial charge in [0, 0.05) is 6.54 Å². The van der Waals surface area contributed by atoms with Crippen molar-refractivity contribution in [2.24, 2.45) is 16.3 Å². The number of nitrogens with zero attached hydrogens (tertiary/aromatic N) is 2. The predicted octanol–water partition coefficient (Wildman–Crippen LogP) is 0.997. The molecule has 4 heteroatoms. The Kier molecular flexibility index (Phi) is 2.39. The van der Waals surface area contributed by atoms with Crippen LogP contribution in [0.25, 0.3) is 0 Å². The van der Waals surface area contributed by atoms with E-state index in [1.165, 1.54) is 19.3 Å². The Morgan fingerprint density at radius 1 is 1.57 bits per heavy atom. The zero-order valence-corrected chi connectivity index (χ0v) is 8.74. The first-order valence-corrected chi connectivity index (χ1v) is 5.42. The Bertz CT molecular complexity index is 248. The van der Waals surface area contributed by atoms with Crippen LogP contribution < -0.4 is 5.73 Å². The van der Waals surface area contributed by atoms with Gasteiger partial charge in [0.15, 0.2) is 5.84 Å². The largest absolute Gasteiger partial charge is 0.409 e. The zero-order chi connectivity index (χ0) is 10.2. The van der Waals surface area contributed by atoms with Crippen LogP contribution in [0.15, 0.2) is 5.16 Å². The fourth-order valence-electron chi connectivity index (χ4n) is 2.54. The van der Waals surface area contributed by atoms with Gasteiger partial charge in [-0.3, -0.25) is 4.90 Å². The fourth-order valence-corrected chi connectivity index (χ4v) is 2.54. The Balaban J connectivity index is 1.99. The van der Waals surface area contributed by atoms with Gasteiger partial charge in [-0.2, -0.15) is 0 Å². The van der Waals surface area contributed by atoms with Crippen molar-refractivity contribution in [3.8, 4) is 0 Å². The van der Waals surface area contributed by atoms with Gasteiger partial charge in [-0.1, -0.05) is 12.1 Å². The molecule has 0 aromatic heterocycles. The third-order valence-electron chi connectivity index (χ3n) is 3.71. The molecule has 1 aliphatic heterocycles. The smallest absolute Gasteiger partial charge is 0.156 e. The maximum absolute atomic E-state index is 8.68. The van der Waals surface area contributed by atoms with Crippen molar-refractivity contribution in [2.45, 2.75) is 38.6 Å². The van der Waals surface area contributed by atoms with E-state index in [-0.39, 0.29) is 6.04 Å². The molecule has 1 saturated carbocycles. The molecule has 1 heterocycles. The summed E-state index contributed by atoms with van der Waals surface area (Å²) < 4.78 is 0. The summed E-state index contributed by atoms with van der Waals surface area (Å²) in [6.07, 6.45) is 4.96. The van der Waals surface area contributed by atoms with Gasteiger partial charge in [-0.15, -0.1) is 0 Å². The first-order valence-electron chi connectivity index (χ1n) is 5.42. The lowest BCUT2D eigenvalue weighted by molar-refractivity contribution is 0.261. The molecule has 2 aliphatic rings. The van der Waals surface area contributed by atoms with E-state index >= 15 is 0 Å². The number of nitrogens with two attached hydrogens (primary N) is 1. The maximum Gasteiger partial charge on any atom is 0.156 e. The highest BCUT2D eigenvalue weighted by atomic mass is 16.4. The molecule has 3 N–H and O–H groups in total. The standard InChI is InChI=1S/C10H19N3O/c1-2-8(9(11)12-14)13-6-5-10(7-13)3-4-10/h8,14H,2-7H2,1H3,(H2,11,12). The maximum atomic E-state index is 8.68. The lowest BCUT2D eigenvalue weighted by Crippen LogP contribution is -2.43. The average molecular weight is 197 g/mol. The van der Waals surface area contributed by atoms with E-state index in [2.05, 4.69) is 17.0 Å². The van der Waals surface area contributed by atoms with E-state index in [1.54, 1.807) is 0 Å². The van der Waals surface area contributed by atoms with E-state index in [1.807, 2.05) is 0 Å². The molecule has 1 saturated heterocycles. The number of oxime groups is 1. The van der Waals surface area contributed by atoms with Crippen molar-refractivity contribution < 1.29 is 5.21 Å². The van der Waals surface area contributed by atoms with Crippen LogP contribution in [-0.4, -0.2) is 35.1 Å². The third-order valence-corrected chi connectivity index (χ3v) is 3.71. The molecule has 0 amide bonds. The first kappa shape index (κ1) is 9.77. The summed E-state index contributed by atoms with van der Waals surface area (Å²) in [6, 6.07) is 0.139. The fraction of sp³-hybridized carbons (Fsp3) is 0.900. The summed E-state index contributed by atoms with van der Waals surface area (Å²) >= 11 is 0. The number of amidine groups is 1. The molecule has 80 valence electrons. The summed E-state index contributed by atoms with van der Waals surface area (Å²) in [7, 11) is 0. The molecule has 0 bridgehead atoms. The van der Waals surface area contributed by atoms with Crippen LogP contribution in [0.4, 0.5) is 0 Å². The Morgan fingerprint density at radius 3 is 2.71 bits per heavy atom. The summed E-state index contributed by atoms with van der Waals surface area (Å²) in [5.41, 5.74) is 6.29. The second-order valence-electron chi connectivity index (χ2n) is 4.67. The van der Waals surface area contributed by atoms with Gasteiger partial charge in [0.05, 0.1) is 6.04 Å². The van der Waals surface area contributed by atoms with Crippen molar-refractivity contribution in [2.75, 3.05) is 13.1 Å². The molecule has 1 spiro atoms. The topological polar surface area (TPSA) is 61.9 Å². The lowest BCUT2D eigenvalue weighted by Gasteiger charge is -2.25. The Labute approximate surface area is 84.8 Å². The van der Waals surface area contributed by atoms with E-state index < -0.39 is 0 Å². The molecule has 4 nitrogen and oxygen atoms in total. The second-order valence-corrected chi connectivity index (χ2v) is 4.67. The normalized spacial score (nSPS) is 28.2. The van der Waals surface area contributed by atoms with Gasteiger partial charge < -0.3 is 10.9 Å². The van der Waals surface area contributed by atoms with Crippen LogP contribution in [-0.2, 0) is 0 Å². The first-order chi connectivity index (χ1) is 6.71. The quantitative estimate of drug-likeness (QED) is 0.307. The van der Waals surface area contributed by atoms with E-state index in [9.17, 15) is 0 Å². The summed E-state index contributed by atoms with van der Waals surface area (Å²) in [4.78, 5) is 2.36. The average Bonchev–Trinajstić information content (AvgIpc) is 2.81.